The minimum absolute atomic E-state index is 0.242. The second-order valence-electron chi connectivity index (χ2n) is 4.79. The smallest absolute Gasteiger partial charge is 0.179 e. The van der Waals surface area contributed by atoms with Crippen molar-refractivity contribution in [1.82, 2.24) is 5.32 Å². The van der Waals surface area contributed by atoms with Crippen LogP contribution < -0.4 is 14.8 Å². The second-order valence-corrected chi connectivity index (χ2v) is 5.20. The lowest BCUT2D eigenvalue weighted by atomic mass is 10.2. The van der Waals surface area contributed by atoms with Crippen molar-refractivity contribution >= 4 is 11.6 Å². The van der Waals surface area contributed by atoms with Gasteiger partial charge >= 0.3 is 0 Å². The van der Waals surface area contributed by atoms with E-state index >= 15 is 0 Å². The van der Waals surface area contributed by atoms with Gasteiger partial charge in [0.05, 0.1) is 18.2 Å². The molecule has 0 saturated heterocycles. The third kappa shape index (κ3) is 6.55. The molecular formula is C16H26ClNO3. The zero-order valence-corrected chi connectivity index (χ0v) is 13.7. The van der Waals surface area contributed by atoms with Crippen molar-refractivity contribution in [1.29, 1.82) is 0 Å². The lowest BCUT2D eigenvalue weighted by Gasteiger charge is -2.15. The van der Waals surface area contributed by atoms with Crippen molar-refractivity contribution in [2.24, 2.45) is 0 Å². The number of hydrogen-bond acceptors (Lipinski definition) is 4. The summed E-state index contributed by atoms with van der Waals surface area (Å²) in [6, 6.07) is 3.88. The van der Waals surface area contributed by atoms with Gasteiger partial charge in [0.15, 0.2) is 11.5 Å². The highest BCUT2D eigenvalue weighted by Crippen LogP contribution is 2.36. The van der Waals surface area contributed by atoms with Gasteiger partial charge in [0.2, 0.25) is 0 Å². The van der Waals surface area contributed by atoms with E-state index in [4.69, 9.17) is 26.2 Å². The van der Waals surface area contributed by atoms with Crippen LogP contribution in [0.25, 0.3) is 0 Å². The molecule has 0 aliphatic rings. The molecule has 1 aromatic rings. The van der Waals surface area contributed by atoms with Crippen molar-refractivity contribution in [3.63, 3.8) is 0 Å². The zero-order chi connectivity index (χ0) is 15.5. The van der Waals surface area contributed by atoms with E-state index in [1.165, 1.54) is 0 Å². The van der Waals surface area contributed by atoms with Gasteiger partial charge in [-0.25, -0.2) is 0 Å². The molecule has 0 spiro atoms. The highest BCUT2D eigenvalue weighted by molar-refractivity contribution is 6.32. The van der Waals surface area contributed by atoms with Gasteiger partial charge in [-0.3, -0.25) is 0 Å². The SMILES string of the molecule is CCCOc1c(Cl)cc(CNCCCCO)cc1OCC. The molecule has 0 amide bonds. The molecule has 1 aromatic carbocycles. The number of nitrogens with one attached hydrogen (secondary N) is 1. The lowest BCUT2D eigenvalue weighted by Crippen LogP contribution is -2.15. The van der Waals surface area contributed by atoms with Crippen LogP contribution in [0, 0.1) is 0 Å². The Balaban J connectivity index is 2.68. The second kappa shape index (κ2) is 10.7. The van der Waals surface area contributed by atoms with Crippen LogP contribution in [0.1, 0.15) is 38.7 Å². The van der Waals surface area contributed by atoms with Crippen LogP contribution in [0.5, 0.6) is 11.5 Å². The molecule has 0 aliphatic heterocycles. The van der Waals surface area contributed by atoms with E-state index in [-0.39, 0.29) is 6.61 Å². The number of rotatable bonds is 11. The van der Waals surface area contributed by atoms with Gasteiger partial charge < -0.3 is 19.9 Å². The Bertz CT molecular complexity index is 413. The fraction of sp³-hybridized carbons (Fsp3) is 0.625. The summed E-state index contributed by atoms with van der Waals surface area (Å²) in [6.45, 7) is 7.03. The lowest BCUT2D eigenvalue weighted by molar-refractivity contribution is 0.276. The average Bonchev–Trinajstić information content (AvgIpc) is 2.46. The Morgan fingerprint density at radius 2 is 2.00 bits per heavy atom. The minimum Gasteiger partial charge on any atom is -0.490 e. The Kier molecular flexibility index (Phi) is 9.22. The van der Waals surface area contributed by atoms with Gasteiger partial charge in [-0.1, -0.05) is 18.5 Å². The first kappa shape index (κ1) is 18.1. The number of halogens is 1. The summed E-state index contributed by atoms with van der Waals surface area (Å²) >= 11 is 6.30. The third-order valence-corrected chi connectivity index (χ3v) is 3.19. The van der Waals surface area contributed by atoms with Crippen LogP contribution in [0.2, 0.25) is 5.02 Å². The maximum absolute atomic E-state index is 8.74. The Labute approximate surface area is 132 Å². The normalized spacial score (nSPS) is 10.7. The molecule has 120 valence electrons. The molecule has 0 radical (unpaired) electrons. The largest absolute Gasteiger partial charge is 0.490 e. The van der Waals surface area contributed by atoms with Crippen LogP contribution in [0.4, 0.5) is 0 Å². The van der Waals surface area contributed by atoms with Crippen molar-refractivity contribution in [3.05, 3.63) is 22.7 Å². The van der Waals surface area contributed by atoms with Crippen LogP contribution in [-0.4, -0.2) is 31.5 Å². The average molecular weight is 316 g/mol. The summed E-state index contributed by atoms with van der Waals surface area (Å²) < 4.78 is 11.3. The van der Waals surface area contributed by atoms with Gasteiger partial charge in [-0.2, -0.15) is 0 Å². The molecule has 0 saturated carbocycles. The van der Waals surface area contributed by atoms with E-state index in [0.29, 0.717) is 29.7 Å². The number of aliphatic hydroxyl groups is 1. The Hall–Kier alpha value is -0.970. The molecule has 4 nitrogen and oxygen atoms in total. The van der Waals surface area contributed by atoms with E-state index in [2.05, 4.69) is 12.2 Å². The van der Waals surface area contributed by atoms with Gasteiger partial charge in [-0.15, -0.1) is 0 Å². The van der Waals surface area contributed by atoms with E-state index in [1.807, 2.05) is 19.1 Å². The summed E-state index contributed by atoms with van der Waals surface area (Å²) in [5.74, 6) is 1.33. The van der Waals surface area contributed by atoms with Crippen LogP contribution in [0.3, 0.4) is 0 Å². The van der Waals surface area contributed by atoms with Crippen LogP contribution >= 0.6 is 11.6 Å². The molecule has 0 atom stereocenters. The molecule has 0 aliphatic carbocycles. The molecule has 5 heteroatoms. The van der Waals surface area contributed by atoms with Crippen LogP contribution in [-0.2, 0) is 6.54 Å². The first-order valence-corrected chi connectivity index (χ1v) is 8.00. The Morgan fingerprint density at radius 1 is 1.19 bits per heavy atom. The van der Waals surface area contributed by atoms with Crippen molar-refractivity contribution in [3.8, 4) is 11.5 Å². The monoisotopic (exact) mass is 315 g/mol. The van der Waals surface area contributed by atoms with Crippen molar-refractivity contribution < 1.29 is 14.6 Å². The summed E-state index contributed by atoms with van der Waals surface area (Å²) in [6.07, 6.45) is 2.71. The van der Waals surface area contributed by atoms with E-state index in [1.54, 1.807) is 0 Å². The maximum atomic E-state index is 8.74. The fourth-order valence-electron chi connectivity index (χ4n) is 1.93. The summed E-state index contributed by atoms with van der Waals surface area (Å²) in [7, 11) is 0. The van der Waals surface area contributed by atoms with Gasteiger partial charge in [0.25, 0.3) is 0 Å². The summed E-state index contributed by atoms with van der Waals surface area (Å²) in [4.78, 5) is 0. The number of aliphatic hydroxyl groups excluding tert-OH is 1. The number of hydrogen-bond donors (Lipinski definition) is 2. The van der Waals surface area contributed by atoms with E-state index in [0.717, 1.165) is 37.9 Å². The predicted molar refractivity (Wildman–Crippen MR) is 86.4 cm³/mol. The van der Waals surface area contributed by atoms with Crippen LogP contribution in [0.15, 0.2) is 12.1 Å². The number of benzene rings is 1. The minimum atomic E-state index is 0.242. The molecule has 2 N–H and O–H groups in total. The molecule has 0 fully saturated rings. The molecule has 21 heavy (non-hydrogen) atoms. The van der Waals surface area contributed by atoms with Gasteiger partial charge in [0.1, 0.15) is 0 Å². The summed E-state index contributed by atoms with van der Waals surface area (Å²) in [5.41, 5.74) is 1.07. The van der Waals surface area contributed by atoms with E-state index < -0.39 is 0 Å². The number of ether oxygens (including phenoxy) is 2. The molecular weight excluding hydrogens is 290 g/mol. The van der Waals surface area contributed by atoms with E-state index in [9.17, 15) is 0 Å². The molecule has 0 heterocycles. The molecule has 1 rings (SSSR count). The highest BCUT2D eigenvalue weighted by atomic mass is 35.5. The molecule has 0 aromatic heterocycles. The fourth-order valence-corrected chi connectivity index (χ4v) is 2.21. The van der Waals surface area contributed by atoms with Gasteiger partial charge in [0, 0.05) is 13.2 Å². The highest BCUT2D eigenvalue weighted by Gasteiger charge is 2.12. The molecule has 0 unspecified atom stereocenters. The first-order chi connectivity index (χ1) is 10.2. The third-order valence-electron chi connectivity index (χ3n) is 2.91. The quantitative estimate of drug-likeness (QED) is 0.615. The standard InChI is InChI=1S/C16H26ClNO3/c1-3-9-21-16-14(17)10-13(11-15(16)20-4-2)12-18-7-5-6-8-19/h10-11,18-19H,3-9,12H2,1-2H3. The zero-order valence-electron chi connectivity index (χ0n) is 13.0. The Morgan fingerprint density at radius 3 is 2.67 bits per heavy atom. The van der Waals surface area contributed by atoms with Crippen molar-refractivity contribution in [2.75, 3.05) is 26.4 Å². The topological polar surface area (TPSA) is 50.7 Å². The summed E-state index contributed by atoms with van der Waals surface area (Å²) in [5, 5.41) is 12.7. The molecule has 0 bridgehead atoms. The van der Waals surface area contributed by atoms with Gasteiger partial charge in [-0.05, 0) is 50.4 Å². The number of unbranched alkanes of at least 4 members (excludes halogenated alkanes) is 1. The van der Waals surface area contributed by atoms with Crippen molar-refractivity contribution in [2.45, 2.75) is 39.7 Å². The first-order valence-electron chi connectivity index (χ1n) is 7.62. The maximum Gasteiger partial charge on any atom is 0.179 e. The predicted octanol–water partition coefficient (Wildman–Crippen LogP) is 3.39.